The minimum atomic E-state index is -1.65. The van der Waals surface area contributed by atoms with Crippen LogP contribution in [-0.2, 0) is 4.74 Å². The van der Waals surface area contributed by atoms with Gasteiger partial charge in [0, 0.05) is 10.4 Å². The van der Waals surface area contributed by atoms with Crippen LogP contribution < -0.4 is 5.56 Å². The summed E-state index contributed by atoms with van der Waals surface area (Å²) in [7, 11) is 0. The van der Waals surface area contributed by atoms with Crippen LogP contribution in [0.2, 0.25) is 0 Å². The summed E-state index contributed by atoms with van der Waals surface area (Å²) < 4.78 is 6.73. The van der Waals surface area contributed by atoms with E-state index in [1.807, 2.05) is 22.9 Å². The molecule has 4 rings (SSSR count). The van der Waals surface area contributed by atoms with E-state index in [2.05, 4.69) is 0 Å². The Hall–Kier alpha value is -2.36. The first-order valence-electron chi connectivity index (χ1n) is 9.05. The van der Waals surface area contributed by atoms with E-state index in [0.29, 0.717) is 16.1 Å². The van der Waals surface area contributed by atoms with E-state index in [1.165, 1.54) is 22.7 Å². The number of ether oxygens (including phenoxy) is 1. The molecule has 156 valence electrons. The number of hydrogen-bond acceptors (Lipinski definition) is 9. The summed E-state index contributed by atoms with van der Waals surface area (Å²) in [6.07, 6.45) is -7.44. The summed E-state index contributed by atoms with van der Waals surface area (Å²) in [5.41, 5.74) is 0.0225. The Morgan fingerprint density at radius 3 is 2.30 bits per heavy atom. The lowest BCUT2D eigenvalue weighted by Crippen LogP contribution is -2.57. The Kier molecular flexibility index (Phi) is 5.86. The Morgan fingerprint density at radius 1 is 1.07 bits per heavy atom. The summed E-state index contributed by atoms with van der Waals surface area (Å²) in [4.78, 5) is 14.8. The second kappa shape index (κ2) is 8.41. The molecule has 0 unspecified atom stereocenters. The van der Waals surface area contributed by atoms with Crippen LogP contribution in [0.5, 0.6) is 0 Å². The number of aromatic nitrogens is 1. The maximum atomic E-state index is 13.4. The Balaban J connectivity index is 1.98. The molecule has 0 amide bonds. The number of thiophene rings is 2. The zero-order valence-electron chi connectivity index (χ0n) is 15.5. The summed E-state index contributed by atoms with van der Waals surface area (Å²) in [6, 6.07) is 10.8. The van der Waals surface area contributed by atoms with Gasteiger partial charge in [-0.1, -0.05) is 12.1 Å². The van der Waals surface area contributed by atoms with Crippen LogP contribution in [0.3, 0.4) is 0 Å². The van der Waals surface area contributed by atoms with Crippen molar-refractivity contribution in [1.29, 1.82) is 5.26 Å². The minimum Gasteiger partial charge on any atom is -0.394 e. The zero-order valence-corrected chi connectivity index (χ0v) is 17.1. The lowest BCUT2D eigenvalue weighted by Gasteiger charge is -2.41. The van der Waals surface area contributed by atoms with Crippen LogP contribution in [0.25, 0.3) is 21.0 Å². The highest BCUT2D eigenvalue weighted by Crippen LogP contribution is 2.36. The van der Waals surface area contributed by atoms with Gasteiger partial charge in [-0.15, -0.1) is 22.7 Å². The van der Waals surface area contributed by atoms with E-state index in [-0.39, 0.29) is 5.56 Å². The molecule has 8 nitrogen and oxygen atoms in total. The van der Waals surface area contributed by atoms with E-state index in [0.717, 1.165) is 9.44 Å². The van der Waals surface area contributed by atoms with Gasteiger partial charge in [-0.05, 0) is 29.0 Å². The molecule has 0 saturated carbocycles. The molecule has 1 saturated heterocycles. The van der Waals surface area contributed by atoms with Gasteiger partial charge in [-0.25, -0.2) is 0 Å². The van der Waals surface area contributed by atoms with E-state index < -0.39 is 42.8 Å². The summed E-state index contributed by atoms with van der Waals surface area (Å²) in [5, 5.41) is 53.8. The molecular weight excluding hydrogens is 428 g/mol. The van der Waals surface area contributed by atoms with E-state index in [4.69, 9.17) is 4.74 Å². The van der Waals surface area contributed by atoms with Gasteiger partial charge < -0.3 is 25.2 Å². The van der Waals surface area contributed by atoms with E-state index >= 15 is 0 Å². The molecule has 0 aromatic carbocycles. The molecular formula is C20H18N2O6S2. The average Bonchev–Trinajstić information content (AvgIpc) is 3.46. The maximum absolute atomic E-state index is 13.4. The first-order valence-corrected chi connectivity index (χ1v) is 10.8. The molecule has 0 aliphatic carbocycles. The van der Waals surface area contributed by atoms with Crippen LogP contribution in [0, 0.1) is 11.3 Å². The number of aliphatic hydroxyl groups is 4. The van der Waals surface area contributed by atoms with E-state index in [9.17, 15) is 30.5 Å². The lowest BCUT2D eigenvalue weighted by atomic mass is 9.97. The fourth-order valence-corrected chi connectivity index (χ4v) is 5.01. The highest BCUT2D eigenvalue weighted by atomic mass is 32.1. The Morgan fingerprint density at radius 2 is 1.73 bits per heavy atom. The van der Waals surface area contributed by atoms with Gasteiger partial charge in [0.15, 0.2) is 6.23 Å². The van der Waals surface area contributed by atoms with Crippen molar-refractivity contribution in [3.05, 3.63) is 57.0 Å². The molecule has 3 aromatic rings. The van der Waals surface area contributed by atoms with Crippen LogP contribution in [0.15, 0.2) is 45.9 Å². The van der Waals surface area contributed by atoms with Crippen LogP contribution in [0.1, 0.15) is 11.8 Å². The highest BCUT2D eigenvalue weighted by Gasteiger charge is 2.45. The van der Waals surface area contributed by atoms with Crippen LogP contribution in [0.4, 0.5) is 0 Å². The van der Waals surface area contributed by atoms with Crippen molar-refractivity contribution in [2.24, 2.45) is 0 Å². The summed E-state index contributed by atoms with van der Waals surface area (Å²) >= 11 is 2.74. The fraction of sp³-hybridized carbons (Fsp3) is 0.300. The molecule has 10 heteroatoms. The highest BCUT2D eigenvalue weighted by molar-refractivity contribution is 7.14. The van der Waals surface area contributed by atoms with Crippen molar-refractivity contribution in [2.75, 3.05) is 6.61 Å². The van der Waals surface area contributed by atoms with Gasteiger partial charge in [-0.2, -0.15) is 5.26 Å². The third kappa shape index (κ3) is 3.40. The molecule has 1 aliphatic rings. The number of rotatable bonds is 4. The topological polar surface area (TPSA) is 136 Å². The SMILES string of the molecule is N#Cc1c(-c2cccs2)cc(-c2cccs2)n([C@@H]2O[C@H](CO)[C@H](O)[C@H](O)[C@H]2O)c1=O. The Labute approximate surface area is 179 Å². The van der Waals surface area contributed by atoms with Gasteiger partial charge in [0.05, 0.1) is 17.2 Å². The molecule has 30 heavy (non-hydrogen) atoms. The van der Waals surface area contributed by atoms with Gasteiger partial charge in [-0.3, -0.25) is 9.36 Å². The van der Waals surface area contributed by atoms with Gasteiger partial charge in [0.25, 0.3) is 5.56 Å². The van der Waals surface area contributed by atoms with Crippen LogP contribution >= 0.6 is 22.7 Å². The molecule has 3 aromatic heterocycles. The average molecular weight is 447 g/mol. The second-order valence-corrected chi connectivity index (χ2v) is 8.67. The fourth-order valence-electron chi connectivity index (χ4n) is 3.52. The monoisotopic (exact) mass is 446 g/mol. The number of pyridine rings is 1. The van der Waals surface area contributed by atoms with Gasteiger partial charge >= 0.3 is 0 Å². The quantitative estimate of drug-likeness (QED) is 0.472. The number of nitriles is 1. The third-order valence-electron chi connectivity index (χ3n) is 5.04. The summed E-state index contributed by atoms with van der Waals surface area (Å²) in [5.74, 6) is 0. The van der Waals surface area contributed by atoms with Gasteiger partial charge in [0.1, 0.15) is 36.0 Å². The van der Waals surface area contributed by atoms with Gasteiger partial charge in [0.2, 0.25) is 0 Å². The molecule has 4 heterocycles. The van der Waals surface area contributed by atoms with Crippen molar-refractivity contribution in [2.45, 2.75) is 30.6 Å². The predicted molar refractivity (Wildman–Crippen MR) is 111 cm³/mol. The molecule has 4 N–H and O–H groups in total. The number of hydrogen-bond donors (Lipinski definition) is 4. The van der Waals surface area contributed by atoms with Crippen molar-refractivity contribution >= 4 is 22.7 Å². The van der Waals surface area contributed by atoms with Crippen molar-refractivity contribution in [3.8, 4) is 27.1 Å². The largest absolute Gasteiger partial charge is 0.394 e. The molecule has 5 atom stereocenters. The first kappa shape index (κ1) is 20.9. The third-order valence-corrected chi connectivity index (χ3v) is 6.83. The molecule has 0 radical (unpaired) electrons. The van der Waals surface area contributed by atoms with Crippen LogP contribution in [-0.4, -0.2) is 56.0 Å². The standard InChI is InChI=1S/C20H18N2O6S2/c21-8-11-10(14-3-1-5-29-14)7-12(15-4-2-6-30-15)22(19(11)27)20-18(26)17(25)16(24)13(9-23)28-20/h1-7,13,16-18,20,23-26H,9H2/t13-,16+,17+,18-,20-/m1/s1. The molecule has 1 aliphatic heterocycles. The first-order chi connectivity index (χ1) is 14.5. The Bertz CT molecular complexity index is 1120. The minimum absolute atomic E-state index is 0.130. The smallest absolute Gasteiger partial charge is 0.271 e. The van der Waals surface area contributed by atoms with Crippen molar-refractivity contribution in [1.82, 2.24) is 4.57 Å². The van der Waals surface area contributed by atoms with E-state index in [1.54, 1.807) is 24.3 Å². The van der Waals surface area contributed by atoms with Crippen molar-refractivity contribution < 1.29 is 25.2 Å². The predicted octanol–water partition coefficient (Wildman–Crippen LogP) is 1.15. The second-order valence-electron chi connectivity index (χ2n) is 6.78. The van der Waals surface area contributed by atoms with Crippen molar-refractivity contribution in [3.63, 3.8) is 0 Å². The molecule has 0 bridgehead atoms. The molecule has 1 fully saturated rings. The summed E-state index contributed by atoms with van der Waals surface area (Å²) in [6.45, 7) is -0.622. The number of nitrogens with zero attached hydrogens (tertiary/aromatic N) is 2. The normalized spacial score (nSPS) is 26.4. The maximum Gasteiger partial charge on any atom is 0.271 e. The lowest BCUT2D eigenvalue weighted by molar-refractivity contribution is -0.251. The number of aliphatic hydroxyl groups excluding tert-OH is 4. The molecule has 0 spiro atoms. The zero-order chi connectivity index (χ0) is 21.4.